The van der Waals surface area contributed by atoms with E-state index in [1.165, 1.54) is 16.0 Å². The van der Waals surface area contributed by atoms with Crippen molar-refractivity contribution in [3.05, 3.63) is 52.1 Å². The molecule has 3 aliphatic rings. The van der Waals surface area contributed by atoms with Crippen LogP contribution in [0.2, 0.25) is 0 Å². The van der Waals surface area contributed by atoms with E-state index < -0.39 is 0 Å². The van der Waals surface area contributed by atoms with Crippen LogP contribution in [0, 0.1) is 44.4 Å². The van der Waals surface area contributed by atoms with Crippen LogP contribution in [0.15, 0.2) is 35.4 Å². The zero-order valence-electron chi connectivity index (χ0n) is 14.9. The number of imide groups is 1. The molecule has 0 unspecified atom stereocenters. The fourth-order valence-electron chi connectivity index (χ4n) is 5.18. The van der Waals surface area contributed by atoms with Gasteiger partial charge in [-0.15, -0.1) is 0 Å². The first-order chi connectivity index (χ1) is 11.3. The van der Waals surface area contributed by atoms with Gasteiger partial charge in [0.25, 0.3) is 0 Å². The van der Waals surface area contributed by atoms with E-state index in [4.69, 9.17) is 0 Å². The Morgan fingerprint density at radius 2 is 1.33 bits per heavy atom. The lowest BCUT2D eigenvalue weighted by molar-refractivity contribution is -0.123. The van der Waals surface area contributed by atoms with Crippen molar-refractivity contribution in [3.63, 3.8) is 0 Å². The first kappa shape index (κ1) is 15.4. The zero-order valence-corrected chi connectivity index (χ0v) is 14.9. The molecule has 1 aromatic carbocycles. The molecule has 2 aliphatic carbocycles. The summed E-state index contributed by atoms with van der Waals surface area (Å²) in [5.41, 5.74) is 6.49. The number of anilines is 1. The van der Waals surface area contributed by atoms with Gasteiger partial charge in [0.2, 0.25) is 11.8 Å². The van der Waals surface area contributed by atoms with Crippen molar-refractivity contribution >= 4 is 17.5 Å². The normalized spacial score (nSPS) is 30.5. The van der Waals surface area contributed by atoms with Gasteiger partial charge in [0.1, 0.15) is 0 Å². The van der Waals surface area contributed by atoms with Gasteiger partial charge in [0.05, 0.1) is 17.5 Å². The third kappa shape index (κ3) is 1.78. The zero-order chi connectivity index (χ0) is 17.3. The highest BCUT2D eigenvalue weighted by Gasteiger charge is 2.62. The fraction of sp³-hybridized carbons (Fsp3) is 0.429. The quantitative estimate of drug-likeness (QED) is 0.581. The van der Waals surface area contributed by atoms with Crippen molar-refractivity contribution in [2.75, 3.05) is 4.90 Å². The molecule has 3 heteroatoms. The first-order valence-electron chi connectivity index (χ1n) is 8.64. The second kappa shape index (κ2) is 4.92. The molecule has 2 amide bonds. The van der Waals surface area contributed by atoms with Crippen LogP contribution < -0.4 is 4.90 Å². The molecule has 1 heterocycles. The van der Waals surface area contributed by atoms with Gasteiger partial charge in [-0.3, -0.25) is 9.59 Å². The molecule has 1 saturated heterocycles. The van der Waals surface area contributed by atoms with Gasteiger partial charge in [-0.1, -0.05) is 41.0 Å². The Labute approximate surface area is 143 Å². The second-order valence-electron chi connectivity index (χ2n) is 7.70. The number of aryl methyl sites for hydroxylation is 3. The van der Waals surface area contributed by atoms with E-state index in [9.17, 15) is 9.59 Å². The lowest BCUT2D eigenvalue weighted by atomic mass is 9.85. The molecule has 2 fully saturated rings. The summed E-state index contributed by atoms with van der Waals surface area (Å²) in [4.78, 5) is 27.9. The molecule has 24 heavy (non-hydrogen) atoms. The van der Waals surface area contributed by atoms with E-state index in [0.717, 1.165) is 22.4 Å². The highest BCUT2D eigenvalue weighted by molar-refractivity contribution is 6.24. The number of hydrogen-bond acceptors (Lipinski definition) is 2. The lowest BCUT2D eigenvalue weighted by Crippen LogP contribution is -2.34. The average Bonchev–Trinajstić information content (AvgIpc) is 3.11. The topological polar surface area (TPSA) is 37.4 Å². The fourth-order valence-corrected chi connectivity index (χ4v) is 5.18. The van der Waals surface area contributed by atoms with Crippen LogP contribution in [-0.2, 0) is 9.59 Å². The largest absolute Gasteiger partial charge is 0.274 e. The smallest absolute Gasteiger partial charge is 0.238 e. The summed E-state index contributed by atoms with van der Waals surface area (Å²) < 4.78 is 0. The average molecular weight is 321 g/mol. The van der Waals surface area contributed by atoms with Gasteiger partial charge in [0, 0.05) is 11.8 Å². The SMILES string of the molecule is CC(C)=C1[C@H]2C=C[C@H]1[C@H]1C(=O)N(c3c(C)cc(C)cc3C)C(=O)[C@@H]12. The van der Waals surface area contributed by atoms with Crippen LogP contribution in [0.4, 0.5) is 5.69 Å². The molecule has 1 aliphatic heterocycles. The number of rotatable bonds is 1. The van der Waals surface area contributed by atoms with Crippen LogP contribution in [0.5, 0.6) is 0 Å². The van der Waals surface area contributed by atoms with Gasteiger partial charge < -0.3 is 0 Å². The summed E-state index contributed by atoms with van der Waals surface area (Å²) >= 11 is 0. The van der Waals surface area contributed by atoms with E-state index in [-0.39, 0.29) is 35.5 Å². The van der Waals surface area contributed by atoms with Crippen LogP contribution in [-0.4, -0.2) is 11.8 Å². The molecular weight excluding hydrogens is 298 g/mol. The number of fused-ring (bicyclic) bond motifs is 5. The monoisotopic (exact) mass is 321 g/mol. The molecule has 124 valence electrons. The standard InChI is InChI=1S/C21H23NO2/c1-10(2)16-14-6-7-15(16)18-17(14)20(23)22(21(18)24)19-12(4)8-11(3)9-13(19)5/h6-9,14-15,17-18H,1-5H3/t14-,15-,17-,18-/m1/s1. The first-order valence-corrected chi connectivity index (χ1v) is 8.64. The highest BCUT2D eigenvalue weighted by Crippen LogP contribution is 2.57. The Kier molecular flexibility index (Phi) is 3.15. The summed E-state index contributed by atoms with van der Waals surface area (Å²) in [6.45, 7) is 10.2. The van der Waals surface area contributed by atoms with E-state index in [1.54, 1.807) is 0 Å². The third-order valence-corrected chi connectivity index (χ3v) is 5.85. The molecule has 0 radical (unpaired) electrons. The highest BCUT2D eigenvalue weighted by atomic mass is 16.2. The van der Waals surface area contributed by atoms with Crippen molar-refractivity contribution in [2.24, 2.45) is 23.7 Å². The second-order valence-corrected chi connectivity index (χ2v) is 7.70. The van der Waals surface area contributed by atoms with Crippen LogP contribution >= 0.6 is 0 Å². The molecule has 4 atom stereocenters. The Morgan fingerprint density at radius 3 is 1.75 bits per heavy atom. The predicted octanol–water partition coefficient (Wildman–Crippen LogP) is 3.87. The number of amides is 2. The van der Waals surface area contributed by atoms with Gasteiger partial charge in [-0.2, -0.15) is 0 Å². The van der Waals surface area contributed by atoms with Gasteiger partial charge in [0.15, 0.2) is 0 Å². The molecule has 3 nitrogen and oxygen atoms in total. The molecule has 1 aromatic rings. The van der Waals surface area contributed by atoms with Crippen molar-refractivity contribution < 1.29 is 9.59 Å². The van der Waals surface area contributed by atoms with Crippen LogP contribution in [0.3, 0.4) is 0 Å². The van der Waals surface area contributed by atoms with Gasteiger partial charge >= 0.3 is 0 Å². The van der Waals surface area contributed by atoms with Crippen molar-refractivity contribution in [1.29, 1.82) is 0 Å². The molecule has 0 aromatic heterocycles. The molecule has 1 saturated carbocycles. The summed E-state index contributed by atoms with van der Waals surface area (Å²) in [7, 11) is 0. The Bertz CT molecular complexity index is 784. The molecule has 2 bridgehead atoms. The lowest BCUT2D eigenvalue weighted by Gasteiger charge is -2.23. The maximum atomic E-state index is 13.2. The van der Waals surface area contributed by atoms with Crippen LogP contribution in [0.25, 0.3) is 0 Å². The third-order valence-electron chi connectivity index (χ3n) is 5.85. The number of allylic oxidation sites excluding steroid dienone is 4. The Hall–Kier alpha value is -2.16. The number of hydrogen-bond donors (Lipinski definition) is 0. The van der Waals surface area contributed by atoms with Crippen molar-refractivity contribution in [3.8, 4) is 0 Å². The number of nitrogens with zero attached hydrogens (tertiary/aromatic N) is 1. The predicted molar refractivity (Wildman–Crippen MR) is 94.6 cm³/mol. The van der Waals surface area contributed by atoms with E-state index in [0.29, 0.717) is 0 Å². The number of carbonyl (C=O) groups is 2. The minimum Gasteiger partial charge on any atom is -0.274 e. The minimum absolute atomic E-state index is 0.0179. The maximum absolute atomic E-state index is 13.2. The Morgan fingerprint density at radius 1 is 0.875 bits per heavy atom. The molecular formula is C21H23NO2. The molecule has 0 spiro atoms. The summed E-state index contributed by atoms with van der Waals surface area (Å²) in [5, 5.41) is 0. The van der Waals surface area contributed by atoms with Gasteiger partial charge in [-0.25, -0.2) is 4.90 Å². The number of carbonyl (C=O) groups excluding carboxylic acids is 2. The van der Waals surface area contributed by atoms with Crippen molar-refractivity contribution in [1.82, 2.24) is 0 Å². The molecule has 4 rings (SSSR count). The van der Waals surface area contributed by atoms with E-state index in [2.05, 4.69) is 26.0 Å². The summed E-state index contributed by atoms with van der Waals surface area (Å²) in [6.07, 6.45) is 4.27. The minimum atomic E-state index is -0.211. The van der Waals surface area contributed by atoms with E-state index in [1.807, 2.05) is 32.9 Å². The molecule has 0 N–H and O–H groups in total. The summed E-state index contributed by atoms with van der Waals surface area (Å²) in [5.74, 6) is -0.240. The van der Waals surface area contributed by atoms with Crippen LogP contribution in [0.1, 0.15) is 30.5 Å². The maximum Gasteiger partial charge on any atom is 0.238 e. The number of benzene rings is 1. The van der Waals surface area contributed by atoms with Crippen molar-refractivity contribution in [2.45, 2.75) is 34.6 Å². The van der Waals surface area contributed by atoms with Gasteiger partial charge in [-0.05, 0) is 45.7 Å². The van der Waals surface area contributed by atoms with E-state index >= 15 is 0 Å². The summed E-state index contributed by atoms with van der Waals surface area (Å²) in [6, 6.07) is 4.09. The Balaban J connectivity index is 1.82.